The van der Waals surface area contributed by atoms with Gasteiger partial charge in [-0.1, -0.05) is 6.07 Å². The van der Waals surface area contributed by atoms with Gasteiger partial charge in [0, 0.05) is 10.8 Å². The van der Waals surface area contributed by atoms with Gasteiger partial charge in [0.05, 0.1) is 7.11 Å². The van der Waals surface area contributed by atoms with Crippen molar-refractivity contribution in [1.29, 1.82) is 0 Å². The molecule has 0 fully saturated rings. The average Bonchev–Trinajstić information content (AvgIpc) is 3.10. The summed E-state index contributed by atoms with van der Waals surface area (Å²) in [5.74, 6) is 0.399. The first-order valence-electron chi connectivity index (χ1n) is 8.31. The highest BCUT2D eigenvalue weighted by Crippen LogP contribution is 2.35. The maximum Gasteiger partial charge on any atom is 0.360 e. The molecule has 2 aromatic carbocycles. The molecule has 2 aromatic heterocycles. The van der Waals surface area contributed by atoms with Crippen molar-refractivity contribution in [2.24, 2.45) is 0 Å². The number of carbonyl (C=O) groups excluding carboxylic acids is 1. The Hall–Kier alpha value is -3.61. The molecule has 0 radical (unpaired) electrons. The third-order valence-electron chi connectivity index (χ3n) is 4.28. The first-order valence-corrected chi connectivity index (χ1v) is 8.31. The zero-order valence-corrected chi connectivity index (χ0v) is 15.1. The Morgan fingerprint density at radius 2 is 1.78 bits per heavy atom. The first kappa shape index (κ1) is 16.8. The molecule has 27 heavy (non-hydrogen) atoms. The summed E-state index contributed by atoms with van der Waals surface area (Å²) >= 11 is 0. The van der Waals surface area contributed by atoms with Crippen molar-refractivity contribution < 1.29 is 19.4 Å². The number of hydrogen-bond donors (Lipinski definition) is 1. The van der Waals surface area contributed by atoms with E-state index in [2.05, 4.69) is 16.1 Å². The molecule has 0 aliphatic heterocycles. The summed E-state index contributed by atoms with van der Waals surface area (Å²) in [6, 6.07) is 11.1. The number of rotatable bonds is 3. The molecule has 0 atom stereocenters. The zero-order valence-electron chi connectivity index (χ0n) is 15.1. The highest BCUT2D eigenvalue weighted by Gasteiger charge is 2.22. The van der Waals surface area contributed by atoms with Crippen molar-refractivity contribution in [2.75, 3.05) is 7.11 Å². The highest BCUT2D eigenvalue weighted by molar-refractivity contribution is 6.05. The summed E-state index contributed by atoms with van der Waals surface area (Å²) in [4.78, 5) is 16.3. The SMILES string of the molecule is COC(=O)c1c(O)c2ccc(Oc3cc(C)cc(C)c3)cc2c2ncnn12. The van der Waals surface area contributed by atoms with E-state index in [-0.39, 0.29) is 11.4 Å². The molecule has 1 N–H and O–H groups in total. The molecule has 4 aromatic rings. The topological polar surface area (TPSA) is 86.0 Å². The van der Waals surface area contributed by atoms with Gasteiger partial charge in [-0.05, 0) is 55.3 Å². The number of methoxy groups -OCH3 is 1. The number of benzene rings is 2. The van der Waals surface area contributed by atoms with Crippen molar-refractivity contribution >= 4 is 22.4 Å². The fourth-order valence-electron chi connectivity index (χ4n) is 3.20. The van der Waals surface area contributed by atoms with Gasteiger partial charge in [0.2, 0.25) is 0 Å². The molecule has 0 spiro atoms. The van der Waals surface area contributed by atoms with E-state index < -0.39 is 5.97 Å². The van der Waals surface area contributed by atoms with Crippen molar-refractivity contribution in [1.82, 2.24) is 14.6 Å². The number of hydrogen-bond acceptors (Lipinski definition) is 6. The highest BCUT2D eigenvalue weighted by atomic mass is 16.5. The van der Waals surface area contributed by atoms with Crippen LogP contribution in [0.5, 0.6) is 17.2 Å². The number of aryl methyl sites for hydroxylation is 2. The third kappa shape index (κ3) is 2.83. The normalized spacial score (nSPS) is 11.1. The quantitative estimate of drug-likeness (QED) is 0.558. The van der Waals surface area contributed by atoms with Crippen LogP contribution in [0, 0.1) is 13.8 Å². The van der Waals surface area contributed by atoms with Crippen molar-refractivity contribution in [2.45, 2.75) is 13.8 Å². The molecule has 0 aliphatic carbocycles. The van der Waals surface area contributed by atoms with Crippen LogP contribution in [-0.4, -0.2) is 32.8 Å². The smallest absolute Gasteiger partial charge is 0.360 e. The lowest BCUT2D eigenvalue weighted by Gasteiger charge is -2.12. The van der Waals surface area contributed by atoms with E-state index in [4.69, 9.17) is 9.47 Å². The third-order valence-corrected chi connectivity index (χ3v) is 4.28. The van der Waals surface area contributed by atoms with Crippen LogP contribution in [-0.2, 0) is 4.74 Å². The Bertz CT molecular complexity index is 1180. The van der Waals surface area contributed by atoms with Crippen LogP contribution in [0.25, 0.3) is 16.4 Å². The maximum atomic E-state index is 12.1. The largest absolute Gasteiger partial charge is 0.505 e. The summed E-state index contributed by atoms with van der Waals surface area (Å²) in [5, 5.41) is 15.7. The summed E-state index contributed by atoms with van der Waals surface area (Å²) in [6.07, 6.45) is 1.32. The Morgan fingerprint density at radius 3 is 2.48 bits per heavy atom. The Balaban J connectivity index is 1.89. The second-order valence-corrected chi connectivity index (χ2v) is 6.32. The predicted molar refractivity (Wildman–Crippen MR) is 99.5 cm³/mol. The Morgan fingerprint density at radius 1 is 1.04 bits per heavy atom. The van der Waals surface area contributed by atoms with E-state index in [1.54, 1.807) is 18.2 Å². The Labute approximate surface area is 154 Å². The van der Waals surface area contributed by atoms with Gasteiger partial charge in [-0.3, -0.25) is 0 Å². The van der Waals surface area contributed by atoms with Crippen LogP contribution in [0.1, 0.15) is 21.6 Å². The zero-order chi connectivity index (χ0) is 19.1. The lowest BCUT2D eigenvalue weighted by Crippen LogP contribution is -2.10. The van der Waals surface area contributed by atoms with E-state index in [0.717, 1.165) is 16.9 Å². The molecule has 4 rings (SSSR count). The van der Waals surface area contributed by atoms with Gasteiger partial charge in [-0.25, -0.2) is 14.3 Å². The number of aromatic nitrogens is 3. The van der Waals surface area contributed by atoms with Crippen LogP contribution in [0.15, 0.2) is 42.7 Å². The molecule has 0 saturated carbocycles. The number of pyridine rings is 1. The monoisotopic (exact) mass is 363 g/mol. The van der Waals surface area contributed by atoms with Crippen LogP contribution < -0.4 is 4.74 Å². The van der Waals surface area contributed by atoms with Gasteiger partial charge in [0.1, 0.15) is 17.8 Å². The number of ether oxygens (including phenoxy) is 2. The summed E-state index contributed by atoms with van der Waals surface area (Å²) in [5.41, 5.74) is 2.56. The summed E-state index contributed by atoms with van der Waals surface area (Å²) in [7, 11) is 1.25. The molecule has 0 amide bonds. The molecule has 7 nitrogen and oxygen atoms in total. The van der Waals surface area contributed by atoms with Gasteiger partial charge in [0.25, 0.3) is 0 Å². The molecule has 7 heteroatoms. The van der Waals surface area contributed by atoms with E-state index in [1.165, 1.54) is 18.0 Å². The van der Waals surface area contributed by atoms with Crippen LogP contribution in [0.3, 0.4) is 0 Å². The standard InChI is InChI=1S/C20H17N3O4/c1-11-6-12(2)8-14(7-11)27-13-4-5-15-16(9-13)19-21-10-22-23(19)17(18(15)24)20(25)26-3/h4-10,24H,1-3H3. The van der Waals surface area contributed by atoms with E-state index >= 15 is 0 Å². The van der Waals surface area contributed by atoms with E-state index in [1.807, 2.05) is 26.0 Å². The first-order chi connectivity index (χ1) is 13.0. The molecule has 0 unspecified atom stereocenters. The molecule has 0 aliphatic rings. The fraction of sp³-hybridized carbons (Fsp3) is 0.150. The second kappa shape index (κ2) is 6.28. The second-order valence-electron chi connectivity index (χ2n) is 6.32. The fourth-order valence-corrected chi connectivity index (χ4v) is 3.20. The minimum atomic E-state index is -0.694. The average molecular weight is 363 g/mol. The molecule has 136 valence electrons. The van der Waals surface area contributed by atoms with Crippen LogP contribution >= 0.6 is 0 Å². The van der Waals surface area contributed by atoms with Crippen molar-refractivity contribution in [3.63, 3.8) is 0 Å². The maximum absolute atomic E-state index is 12.1. The van der Waals surface area contributed by atoms with E-state index in [0.29, 0.717) is 22.2 Å². The van der Waals surface area contributed by atoms with Crippen molar-refractivity contribution in [3.05, 3.63) is 59.5 Å². The minimum absolute atomic E-state index is 0.0690. The lowest BCUT2D eigenvalue weighted by atomic mass is 10.1. The van der Waals surface area contributed by atoms with Gasteiger partial charge in [-0.2, -0.15) is 5.10 Å². The minimum Gasteiger partial charge on any atom is -0.505 e. The van der Waals surface area contributed by atoms with E-state index in [9.17, 15) is 9.90 Å². The van der Waals surface area contributed by atoms with Gasteiger partial charge < -0.3 is 14.6 Å². The number of aromatic hydroxyl groups is 1. The Kier molecular flexibility index (Phi) is 3.92. The lowest BCUT2D eigenvalue weighted by molar-refractivity contribution is 0.0587. The van der Waals surface area contributed by atoms with Crippen LogP contribution in [0.4, 0.5) is 0 Å². The number of esters is 1. The number of nitrogens with zero attached hydrogens (tertiary/aromatic N) is 3. The summed E-state index contributed by atoms with van der Waals surface area (Å²) < 4.78 is 12.0. The van der Waals surface area contributed by atoms with Gasteiger partial charge in [-0.15, -0.1) is 0 Å². The predicted octanol–water partition coefficient (Wildman–Crippen LogP) is 3.78. The summed E-state index contributed by atoms with van der Waals surface area (Å²) in [6.45, 7) is 4.01. The molecule has 0 saturated heterocycles. The molecule has 0 bridgehead atoms. The van der Waals surface area contributed by atoms with Crippen LogP contribution in [0.2, 0.25) is 0 Å². The van der Waals surface area contributed by atoms with Gasteiger partial charge >= 0.3 is 5.97 Å². The molecule has 2 heterocycles. The number of fused-ring (bicyclic) bond motifs is 3. The van der Waals surface area contributed by atoms with Gasteiger partial charge in [0.15, 0.2) is 17.1 Å². The van der Waals surface area contributed by atoms with Crippen molar-refractivity contribution in [3.8, 4) is 17.2 Å². The molecular weight excluding hydrogens is 346 g/mol. The number of carbonyl (C=O) groups is 1. The molecular formula is C20H17N3O4.